The molecule has 0 bridgehead atoms. The second-order valence-electron chi connectivity index (χ2n) is 7.87. The lowest BCUT2D eigenvalue weighted by atomic mass is 9.81. The first-order chi connectivity index (χ1) is 11.3. The van der Waals surface area contributed by atoms with Crippen molar-refractivity contribution < 1.29 is 9.53 Å². The minimum Gasteiger partial charge on any atom is -0.381 e. The Bertz CT molecular complexity index is 482. The zero-order chi connectivity index (χ0) is 15.8. The molecule has 1 amide bonds. The van der Waals surface area contributed by atoms with E-state index in [4.69, 9.17) is 4.74 Å². The van der Waals surface area contributed by atoms with E-state index in [1.807, 2.05) is 7.11 Å². The predicted octanol–water partition coefficient (Wildman–Crippen LogP) is 2.84. The number of hydrogen-bond acceptors (Lipinski definition) is 3. The zero-order valence-electron chi connectivity index (χ0n) is 14.3. The fourth-order valence-corrected chi connectivity index (χ4v) is 5.29. The molecule has 0 aromatic heterocycles. The Morgan fingerprint density at radius 2 is 1.91 bits per heavy atom. The molecule has 3 unspecified atom stereocenters. The van der Waals surface area contributed by atoms with Crippen molar-refractivity contribution in [2.24, 2.45) is 11.8 Å². The third kappa shape index (κ3) is 2.96. The Labute approximate surface area is 139 Å². The largest absolute Gasteiger partial charge is 0.381 e. The highest BCUT2D eigenvalue weighted by atomic mass is 16.5. The summed E-state index contributed by atoms with van der Waals surface area (Å²) in [5.41, 5.74) is 1.48. The minimum absolute atomic E-state index is 0.196. The number of nitrogens with one attached hydrogen (secondary N) is 1. The van der Waals surface area contributed by atoms with Gasteiger partial charge in [0.1, 0.15) is 6.17 Å². The highest BCUT2D eigenvalue weighted by Gasteiger charge is 2.46. The van der Waals surface area contributed by atoms with Gasteiger partial charge in [-0.2, -0.15) is 0 Å². The molecule has 2 saturated heterocycles. The Morgan fingerprint density at radius 3 is 2.70 bits per heavy atom. The molecule has 2 saturated carbocycles. The van der Waals surface area contributed by atoms with Crippen molar-refractivity contribution >= 4 is 5.91 Å². The van der Waals surface area contributed by atoms with Crippen LogP contribution >= 0.6 is 0 Å². The van der Waals surface area contributed by atoms with E-state index in [0.717, 1.165) is 19.4 Å². The van der Waals surface area contributed by atoms with Gasteiger partial charge in [-0.15, -0.1) is 0 Å². The first-order valence-electron chi connectivity index (χ1n) is 9.56. The summed E-state index contributed by atoms with van der Waals surface area (Å²) in [6, 6.07) is 0.498. The van der Waals surface area contributed by atoms with Gasteiger partial charge in [0, 0.05) is 19.7 Å². The van der Waals surface area contributed by atoms with Gasteiger partial charge in [-0.05, 0) is 56.4 Å². The van der Waals surface area contributed by atoms with Crippen molar-refractivity contribution in [3.63, 3.8) is 0 Å². The van der Waals surface area contributed by atoms with Crippen LogP contribution in [0.25, 0.3) is 0 Å². The maximum absolute atomic E-state index is 12.5. The number of amides is 1. The highest BCUT2D eigenvalue weighted by molar-refractivity contribution is 5.81. The lowest BCUT2D eigenvalue weighted by Gasteiger charge is -2.45. The number of fused-ring (bicyclic) bond motifs is 3. The van der Waals surface area contributed by atoms with E-state index in [-0.39, 0.29) is 12.1 Å². The molecule has 23 heavy (non-hydrogen) atoms. The van der Waals surface area contributed by atoms with Gasteiger partial charge in [0.2, 0.25) is 5.91 Å². The van der Waals surface area contributed by atoms with Gasteiger partial charge in [0.15, 0.2) is 0 Å². The van der Waals surface area contributed by atoms with Crippen LogP contribution in [0.3, 0.4) is 0 Å². The smallest absolute Gasteiger partial charge is 0.226 e. The molecule has 128 valence electrons. The summed E-state index contributed by atoms with van der Waals surface area (Å²) in [6.07, 6.45) is 13.9. The highest BCUT2D eigenvalue weighted by Crippen LogP contribution is 2.39. The average molecular weight is 318 g/mol. The number of ether oxygens (including phenoxy) is 1. The van der Waals surface area contributed by atoms with Crippen LogP contribution in [0, 0.1) is 11.8 Å². The van der Waals surface area contributed by atoms with Crippen molar-refractivity contribution in [3.05, 3.63) is 11.6 Å². The molecule has 2 aliphatic carbocycles. The molecule has 4 heteroatoms. The fourth-order valence-electron chi connectivity index (χ4n) is 5.29. The molecule has 4 nitrogen and oxygen atoms in total. The molecular weight excluding hydrogens is 288 g/mol. The van der Waals surface area contributed by atoms with Crippen LogP contribution in [0.4, 0.5) is 0 Å². The maximum atomic E-state index is 12.5. The summed E-state index contributed by atoms with van der Waals surface area (Å²) in [5.74, 6) is 1.24. The first kappa shape index (κ1) is 15.6. The average Bonchev–Trinajstić information content (AvgIpc) is 2.99. The second-order valence-corrected chi connectivity index (χ2v) is 7.87. The van der Waals surface area contributed by atoms with Crippen molar-refractivity contribution in [3.8, 4) is 0 Å². The third-order valence-corrected chi connectivity index (χ3v) is 6.61. The van der Waals surface area contributed by atoms with Crippen molar-refractivity contribution in [1.82, 2.24) is 10.2 Å². The van der Waals surface area contributed by atoms with Gasteiger partial charge in [-0.3, -0.25) is 9.69 Å². The van der Waals surface area contributed by atoms with Crippen LogP contribution in [0.5, 0.6) is 0 Å². The van der Waals surface area contributed by atoms with E-state index in [0.29, 0.717) is 24.0 Å². The van der Waals surface area contributed by atoms with E-state index in [9.17, 15) is 4.79 Å². The van der Waals surface area contributed by atoms with Gasteiger partial charge in [-0.25, -0.2) is 0 Å². The topological polar surface area (TPSA) is 41.6 Å². The summed E-state index contributed by atoms with van der Waals surface area (Å²) in [7, 11) is 1.83. The lowest BCUT2D eigenvalue weighted by molar-refractivity contribution is -0.135. The van der Waals surface area contributed by atoms with Gasteiger partial charge in [0.05, 0.1) is 12.0 Å². The SMILES string of the molecule is COC1CCC(/C=C2\CCN3C2NC(=O)C2CCCCC23)CC1. The number of nitrogens with zero attached hydrogens (tertiary/aromatic N) is 1. The third-order valence-electron chi connectivity index (χ3n) is 6.61. The Balaban J connectivity index is 1.46. The standard InChI is InChI=1S/C19H30N2O2/c1-23-15-8-6-13(7-9-15)12-14-10-11-21-17-5-3-2-4-16(17)19(22)20-18(14)21/h12-13,15-18H,2-11H2,1H3,(H,20,22)/b14-12+. The van der Waals surface area contributed by atoms with Crippen LogP contribution in [0.1, 0.15) is 57.8 Å². The number of carbonyl (C=O) groups is 1. The molecule has 4 aliphatic rings. The van der Waals surface area contributed by atoms with Crippen molar-refractivity contribution in [1.29, 1.82) is 0 Å². The van der Waals surface area contributed by atoms with Crippen LogP contribution < -0.4 is 5.32 Å². The monoisotopic (exact) mass is 318 g/mol. The van der Waals surface area contributed by atoms with Crippen molar-refractivity contribution in [2.45, 2.75) is 76.1 Å². The van der Waals surface area contributed by atoms with E-state index in [1.165, 1.54) is 50.5 Å². The van der Waals surface area contributed by atoms with E-state index < -0.39 is 0 Å². The number of allylic oxidation sites excluding steroid dienone is 1. The molecule has 0 aromatic rings. The zero-order valence-corrected chi connectivity index (χ0v) is 14.3. The molecule has 4 rings (SSSR count). The molecule has 0 aromatic carbocycles. The summed E-state index contributed by atoms with van der Waals surface area (Å²) < 4.78 is 5.48. The summed E-state index contributed by atoms with van der Waals surface area (Å²) in [4.78, 5) is 15.1. The molecule has 0 radical (unpaired) electrons. The maximum Gasteiger partial charge on any atom is 0.226 e. The molecule has 1 N–H and O–H groups in total. The quantitative estimate of drug-likeness (QED) is 0.796. The lowest BCUT2D eigenvalue weighted by Crippen LogP contribution is -2.61. The van der Waals surface area contributed by atoms with E-state index in [1.54, 1.807) is 0 Å². The van der Waals surface area contributed by atoms with E-state index >= 15 is 0 Å². The van der Waals surface area contributed by atoms with Crippen molar-refractivity contribution in [2.75, 3.05) is 13.7 Å². The van der Waals surface area contributed by atoms with Gasteiger partial charge >= 0.3 is 0 Å². The summed E-state index contributed by atoms with van der Waals surface area (Å²) >= 11 is 0. The van der Waals surface area contributed by atoms with Gasteiger partial charge < -0.3 is 10.1 Å². The predicted molar refractivity (Wildman–Crippen MR) is 89.8 cm³/mol. The molecule has 2 heterocycles. The number of rotatable bonds is 2. The summed E-state index contributed by atoms with van der Waals surface area (Å²) in [5, 5.41) is 3.33. The summed E-state index contributed by atoms with van der Waals surface area (Å²) in [6.45, 7) is 1.13. The number of methoxy groups -OCH3 is 1. The van der Waals surface area contributed by atoms with Gasteiger partial charge in [-0.1, -0.05) is 18.9 Å². The Morgan fingerprint density at radius 1 is 1.13 bits per heavy atom. The molecule has 4 fully saturated rings. The fraction of sp³-hybridized carbons (Fsp3) is 0.842. The first-order valence-corrected chi connectivity index (χ1v) is 9.56. The molecular formula is C19H30N2O2. The van der Waals surface area contributed by atoms with Crippen LogP contribution in [0.15, 0.2) is 11.6 Å². The molecule has 3 atom stereocenters. The number of carbonyl (C=O) groups excluding carboxylic acids is 1. The Hall–Kier alpha value is -0.870. The molecule has 0 spiro atoms. The van der Waals surface area contributed by atoms with Crippen LogP contribution in [-0.2, 0) is 9.53 Å². The number of hydrogen-bond donors (Lipinski definition) is 1. The normalized spacial score (nSPS) is 43.1. The van der Waals surface area contributed by atoms with Crippen LogP contribution in [-0.4, -0.2) is 42.8 Å². The second kappa shape index (κ2) is 6.56. The van der Waals surface area contributed by atoms with Crippen LogP contribution in [0.2, 0.25) is 0 Å². The van der Waals surface area contributed by atoms with Gasteiger partial charge in [0.25, 0.3) is 0 Å². The van der Waals surface area contributed by atoms with E-state index in [2.05, 4.69) is 16.3 Å². The minimum atomic E-state index is 0.196. The Kier molecular flexibility index (Phi) is 4.46. The molecule has 2 aliphatic heterocycles.